The Labute approximate surface area is 160 Å². The molecule has 7 nitrogen and oxygen atoms in total. The van der Waals surface area contributed by atoms with Crippen molar-refractivity contribution in [3.05, 3.63) is 47.0 Å². The zero-order valence-corrected chi connectivity index (χ0v) is 15.9. The van der Waals surface area contributed by atoms with Crippen LogP contribution in [0, 0.1) is 0 Å². The zero-order valence-electron chi connectivity index (χ0n) is 14.3. The third-order valence-electron chi connectivity index (χ3n) is 4.08. The number of rotatable bonds is 7. The number of amides is 3. The molecule has 8 heteroatoms. The highest BCUT2D eigenvalue weighted by Gasteiger charge is 2.36. The molecule has 0 aliphatic carbocycles. The van der Waals surface area contributed by atoms with E-state index < -0.39 is 30.0 Å². The molecule has 0 radical (unpaired) electrons. The van der Waals surface area contributed by atoms with Crippen LogP contribution in [0.5, 0.6) is 0 Å². The zero-order chi connectivity index (χ0) is 19.1. The number of halogens is 1. The van der Waals surface area contributed by atoms with Crippen molar-refractivity contribution >= 4 is 33.8 Å². The molecule has 3 N–H and O–H groups in total. The lowest BCUT2D eigenvalue weighted by molar-refractivity contribution is -0.129. The average Bonchev–Trinajstić information content (AvgIpc) is 3.09. The second kappa shape index (κ2) is 9.38. The van der Waals surface area contributed by atoms with E-state index in [1.165, 1.54) is 4.90 Å². The lowest BCUT2D eigenvalue weighted by Gasteiger charge is -2.25. The summed E-state index contributed by atoms with van der Waals surface area (Å²) < 4.78 is 5.85. The molecule has 1 aliphatic heterocycles. The summed E-state index contributed by atoms with van der Waals surface area (Å²) >= 11 is 3.16. The number of primary amides is 1. The number of ether oxygens (including phenoxy) is 1. The van der Waals surface area contributed by atoms with Crippen molar-refractivity contribution in [1.29, 1.82) is 0 Å². The molecular formula is C18H22BrN3O4. The Morgan fingerprint density at radius 1 is 1.35 bits per heavy atom. The van der Waals surface area contributed by atoms with Gasteiger partial charge in [0, 0.05) is 13.0 Å². The summed E-state index contributed by atoms with van der Waals surface area (Å²) in [4.78, 5) is 37.7. The van der Waals surface area contributed by atoms with E-state index in [1.807, 2.05) is 30.3 Å². The van der Waals surface area contributed by atoms with E-state index in [2.05, 4.69) is 27.8 Å². The van der Waals surface area contributed by atoms with Crippen LogP contribution in [0.1, 0.15) is 24.8 Å². The Hall–Kier alpha value is -2.35. The average molecular weight is 424 g/mol. The number of hydrogen-bond acceptors (Lipinski definition) is 4. The number of hydrogen-bond donors (Lipinski definition) is 2. The van der Waals surface area contributed by atoms with E-state index >= 15 is 0 Å². The van der Waals surface area contributed by atoms with Gasteiger partial charge in [0.25, 0.3) is 0 Å². The number of nitrogens with zero attached hydrogens (tertiary/aromatic N) is 1. The SMILES string of the molecule is C=C(Br)C[C@H](NC(=O)[C@H]1CCCN1C(=O)OCc1ccccc1)C(N)=O. The molecule has 3 amide bonds. The van der Waals surface area contributed by atoms with Gasteiger partial charge in [0.05, 0.1) is 0 Å². The number of likely N-dealkylation sites (tertiary alicyclic amines) is 1. The number of carbonyl (C=O) groups is 3. The summed E-state index contributed by atoms with van der Waals surface area (Å²) in [5.41, 5.74) is 6.18. The fourth-order valence-corrected chi connectivity index (χ4v) is 3.10. The van der Waals surface area contributed by atoms with Gasteiger partial charge in [-0.3, -0.25) is 14.5 Å². The number of carbonyl (C=O) groups excluding carboxylic acids is 3. The first-order valence-electron chi connectivity index (χ1n) is 8.28. The van der Waals surface area contributed by atoms with E-state index in [0.717, 1.165) is 5.56 Å². The first-order valence-corrected chi connectivity index (χ1v) is 9.08. The van der Waals surface area contributed by atoms with Crippen molar-refractivity contribution in [2.45, 2.75) is 38.0 Å². The number of nitrogens with two attached hydrogens (primary N) is 1. The summed E-state index contributed by atoms with van der Waals surface area (Å²) in [6.45, 7) is 4.22. The van der Waals surface area contributed by atoms with Gasteiger partial charge in [0.2, 0.25) is 11.8 Å². The smallest absolute Gasteiger partial charge is 0.410 e. The van der Waals surface area contributed by atoms with Crippen LogP contribution in [0.15, 0.2) is 41.4 Å². The highest BCUT2D eigenvalue weighted by atomic mass is 79.9. The van der Waals surface area contributed by atoms with E-state index in [1.54, 1.807) is 0 Å². The third-order valence-corrected chi connectivity index (χ3v) is 4.40. The Bertz CT molecular complexity index is 680. The van der Waals surface area contributed by atoms with Gasteiger partial charge >= 0.3 is 6.09 Å². The van der Waals surface area contributed by atoms with Crippen LogP contribution in [0.25, 0.3) is 0 Å². The van der Waals surface area contributed by atoms with Crippen LogP contribution in [0.4, 0.5) is 4.79 Å². The fraction of sp³-hybridized carbons (Fsp3) is 0.389. The molecule has 1 fully saturated rings. The molecule has 26 heavy (non-hydrogen) atoms. The minimum atomic E-state index is -0.878. The van der Waals surface area contributed by atoms with Crippen molar-refractivity contribution in [1.82, 2.24) is 10.2 Å². The number of nitrogens with one attached hydrogen (secondary N) is 1. The Morgan fingerprint density at radius 2 is 2.04 bits per heavy atom. The normalized spacial score (nSPS) is 17.4. The first kappa shape index (κ1) is 20.0. The molecule has 1 aromatic carbocycles. The van der Waals surface area contributed by atoms with Gasteiger partial charge in [-0.2, -0.15) is 0 Å². The van der Waals surface area contributed by atoms with Crippen molar-refractivity contribution < 1.29 is 19.1 Å². The van der Waals surface area contributed by atoms with Gasteiger partial charge in [-0.1, -0.05) is 52.8 Å². The predicted molar refractivity (Wildman–Crippen MR) is 100 cm³/mol. The standard InChI is InChI=1S/C18H22BrN3O4/c1-12(19)10-14(16(20)23)21-17(24)15-8-5-9-22(15)18(25)26-11-13-6-3-2-4-7-13/h2-4,6-7,14-15H,1,5,8-11H2,(H2,20,23)(H,21,24)/t14-,15+/m0/s1. The van der Waals surface area contributed by atoms with Crippen molar-refractivity contribution in [3.8, 4) is 0 Å². The maximum atomic E-state index is 12.5. The second-order valence-corrected chi connectivity index (χ2v) is 7.20. The van der Waals surface area contributed by atoms with Crippen LogP contribution in [0.2, 0.25) is 0 Å². The van der Waals surface area contributed by atoms with Gasteiger partial charge in [-0.25, -0.2) is 4.79 Å². The van der Waals surface area contributed by atoms with Crippen LogP contribution in [-0.2, 0) is 20.9 Å². The van der Waals surface area contributed by atoms with Crippen LogP contribution >= 0.6 is 15.9 Å². The summed E-state index contributed by atoms with van der Waals surface area (Å²) in [5.74, 6) is -1.08. The van der Waals surface area contributed by atoms with Gasteiger partial charge in [0.1, 0.15) is 18.7 Å². The van der Waals surface area contributed by atoms with Gasteiger partial charge < -0.3 is 15.8 Å². The molecule has 140 valence electrons. The monoisotopic (exact) mass is 423 g/mol. The molecule has 2 atom stereocenters. The van der Waals surface area contributed by atoms with Crippen LogP contribution in [0.3, 0.4) is 0 Å². The molecule has 1 aliphatic rings. The summed E-state index contributed by atoms with van der Waals surface area (Å²) in [6.07, 6.45) is 0.830. The van der Waals surface area contributed by atoms with Gasteiger partial charge in [-0.15, -0.1) is 0 Å². The van der Waals surface area contributed by atoms with Crippen LogP contribution in [-0.4, -0.2) is 41.4 Å². The molecular weight excluding hydrogens is 402 g/mol. The van der Waals surface area contributed by atoms with E-state index in [0.29, 0.717) is 23.9 Å². The maximum absolute atomic E-state index is 12.5. The predicted octanol–water partition coefficient (Wildman–Crippen LogP) is 2.06. The van der Waals surface area contributed by atoms with Crippen molar-refractivity contribution in [2.75, 3.05) is 6.54 Å². The molecule has 1 aromatic rings. The molecule has 1 heterocycles. The fourth-order valence-electron chi connectivity index (χ4n) is 2.77. The second-order valence-electron chi connectivity index (χ2n) is 6.08. The Kier molecular flexibility index (Phi) is 7.20. The Morgan fingerprint density at radius 3 is 2.65 bits per heavy atom. The highest BCUT2D eigenvalue weighted by Crippen LogP contribution is 2.20. The topological polar surface area (TPSA) is 102 Å². The lowest BCUT2D eigenvalue weighted by Crippen LogP contribution is -2.52. The maximum Gasteiger partial charge on any atom is 0.410 e. The molecule has 0 aromatic heterocycles. The summed E-state index contributed by atoms with van der Waals surface area (Å²) in [6, 6.07) is 7.75. The largest absolute Gasteiger partial charge is 0.445 e. The molecule has 2 rings (SSSR count). The van der Waals surface area contributed by atoms with Crippen LogP contribution < -0.4 is 11.1 Å². The van der Waals surface area contributed by atoms with E-state index in [-0.39, 0.29) is 13.0 Å². The van der Waals surface area contributed by atoms with Gasteiger partial charge in [-0.05, 0) is 22.9 Å². The molecule has 1 saturated heterocycles. The molecule has 0 saturated carbocycles. The van der Waals surface area contributed by atoms with E-state index in [4.69, 9.17) is 10.5 Å². The van der Waals surface area contributed by atoms with E-state index in [9.17, 15) is 14.4 Å². The minimum Gasteiger partial charge on any atom is -0.445 e. The summed E-state index contributed by atoms with van der Waals surface area (Å²) in [7, 11) is 0. The Balaban J connectivity index is 1.95. The number of benzene rings is 1. The highest BCUT2D eigenvalue weighted by molar-refractivity contribution is 9.11. The first-order chi connectivity index (χ1) is 12.4. The molecule has 0 bridgehead atoms. The summed E-state index contributed by atoms with van der Waals surface area (Å²) in [5, 5.41) is 2.59. The molecule has 0 unspecified atom stereocenters. The van der Waals surface area contributed by atoms with Gasteiger partial charge in [0.15, 0.2) is 0 Å². The quantitative estimate of drug-likeness (QED) is 0.700. The molecule has 0 spiro atoms. The van der Waals surface area contributed by atoms with Crippen molar-refractivity contribution in [3.63, 3.8) is 0 Å². The lowest BCUT2D eigenvalue weighted by atomic mass is 10.1. The third kappa shape index (κ3) is 5.59. The minimum absolute atomic E-state index is 0.137. The van der Waals surface area contributed by atoms with Crippen molar-refractivity contribution in [2.24, 2.45) is 5.73 Å².